The molecule has 0 saturated heterocycles. The van der Waals surface area contributed by atoms with Crippen molar-refractivity contribution in [3.8, 4) is 0 Å². The fraction of sp³-hybridized carbons (Fsp3) is 0.125. The average molecular weight is 340 g/mol. The van der Waals surface area contributed by atoms with Gasteiger partial charge < -0.3 is 4.74 Å². The highest BCUT2D eigenvalue weighted by Gasteiger charge is 2.36. The lowest BCUT2D eigenvalue weighted by atomic mass is 9.79. The fourth-order valence-electron chi connectivity index (χ4n) is 3.45. The van der Waals surface area contributed by atoms with Crippen molar-refractivity contribution in [1.82, 2.24) is 0 Å². The van der Waals surface area contributed by atoms with Crippen molar-refractivity contribution >= 4 is 11.7 Å². The molecule has 26 heavy (non-hydrogen) atoms. The van der Waals surface area contributed by atoms with Crippen LogP contribution in [0.3, 0.4) is 0 Å². The molecule has 0 amide bonds. The van der Waals surface area contributed by atoms with Gasteiger partial charge in [-0.15, -0.1) is 0 Å². The SMILES string of the molecule is Cc1ccc(C2C=C(c3ccccc3)OC(=O)C2c2ccccc2)cc1. The molecule has 2 unspecified atom stereocenters. The molecule has 3 aromatic carbocycles. The molecule has 0 bridgehead atoms. The largest absolute Gasteiger partial charge is 0.426 e. The lowest BCUT2D eigenvalue weighted by molar-refractivity contribution is -0.139. The maximum atomic E-state index is 13.0. The van der Waals surface area contributed by atoms with Gasteiger partial charge in [0.25, 0.3) is 0 Å². The number of allylic oxidation sites excluding steroid dienone is 1. The summed E-state index contributed by atoms with van der Waals surface area (Å²) in [6, 6.07) is 28.1. The molecule has 2 atom stereocenters. The maximum absolute atomic E-state index is 13.0. The molecule has 1 heterocycles. The van der Waals surface area contributed by atoms with Crippen LogP contribution in [0.5, 0.6) is 0 Å². The smallest absolute Gasteiger partial charge is 0.319 e. The Morgan fingerprint density at radius 2 is 1.35 bits per heavy atom. The molecule has 1 aliphatic rings. The first kappa shape index (κ1) is 16.3. The summed E-state index contributed by atoms with van der Waals surface area (Å²) < 4.78 is 5.74. The summed E-state index contributed by atoms with van der Waals surface area (Å²) >= 11 is 0. The third kappa shape index (κ3) is 3.18. The predicted molar refractivity (Wildman–Crippen MR) is 104 cm³/mol. The molecule has 0 fully saturated rings. The quantitative estimate of drug-likeness (QED) is 0.592. The predicted octanol–water partition coefficient (Wildman–Crippen LogP) is 5.46. The van der Waals surface area contributed by atoms with Gasteiger partial charge in [0.1, 0.15) is 5.76 Å². The van der Waals surface area contributed by atoms with Crippen LogP contribution in [0.25, 0.3) is 5.76 Å². The van der Waals surface area contributed by atoms with Crippen LogP contribution in [0.4, 0.5) is 0 Å². The molecule has 0 saturated carbocycles. The summed E-state index contributed by atoms with van der Waals surface area (Å²) in [6.45, 7) is 2.07. The van der Waals surface area contributed by atoms with Gasteiger partial charge in [0.05, 0.1) is 5.92 Å². The van der Waals surface area contributed by atoms with Gasteiger partial charge in [-0.3, -0.25) is 4.79 Å². The highest BCUT2D eigenvalue weighted by molar-refractivity contribution is 5.88. The molecular weight excluding hydrogens is 320 g/mol. The van der Waals surface area contributed by atoms with E-state index in [1.54, 1.807) is 0 Å². The van der Waals surface area contributed by atoms with Gasteiger partial charge in [0, 0.05) is 11.5 Å². The summed E-state index contributed by atoms with van der Waals surface area (Å²) in [6.07, 6.45) is 2.08. The second-order valence-corrected chi connectivity index (χ2v) is 6.64. The van der Waals surface area contributed by atoms with Gasteiger partial charge in [-0.2, -0.15) is 0 Å². The second kappa shape index (κ2) is 7.01. The Morgan fingerprint density at radius 1 is 0.731 bits per heavy atom. The van der Waals surface area contributed by atoms with Crippen molar-refractivity contribution < 1.29 is 9.53 Å². The Labute approximate surface area is 153 Å². The van der Waals surface area contributed by atoms with E-state index in [2.05, 4.69) is 37.3 Å². The third-order valence-electron chi connectivity index (χ3n) is 4.83. The molecule has 128 valence electrons. The number of cyclic esters (lactones) is 1. The van der Waals surface area contributed by atoms with Crippen molar-refractivity contribution in [3.05, 3.63) is 113 Å². The number of ether oxygens (including phenoxy) is 1. The van der Waals surface area contributed by atoms with Crippen molar-refractivity contribution in [1.29, 1.82) is 0 Å². The summed E-state index contributed by atoms with van der Waals surface area (Å²) in [5.41, 5.74) is 4.22. The number of benzene rings is 3. The van der Waals surface area contributed by atoms with Crippen LogP contribution in [0.15, 0.2) is 91.0 Å². The van der Waals surface area contributed by atoms with Gasteiger partial charge in [-0.05, 0) is 24.1 Å². The molecule has 0 spiro atoms. The number of esters is 1. The minimum Gasteiger partial charge on any atom is -0.426 e. The van der Waals surface area contributed by atoms with Gasteiger partial charge in [0.2, 0.25) is 0 Å². The van der Waals surface area contributed by atoms with Crippen molar-refractivity contribution in [2.75, 3.05) is 0 Å². The van der Waals surface area contributed by atoms with E-state index >= 15 is 0 Å². The highest BCUT2D eigenvalue weighted by Crippen LogP contribution is 2.41. The Hall–Kier alpha value is -3.13. The summed E-state index contributed by atoms with van der Waals surface area (Å²) in [5.74, 6) is 0.0253. The van der Waals surface area contributed by atoms with E-state index in [-0.39, 0.29) is 17.8 Å². The minimum absolute atomic E-state index is 0.0607. The van der Waals surface area contributed by atoms with Crippen LogP contribution in [-0.2, 0) is 9.53 Å². The standard InChI is InChI=1S/C24H20O2/c1-17-12-14-18(15-13-17)21-16-22(19-8-4-2-5-9-19)26-24(25)23(21)20-10-6-3-7-11-20/h2-16,21,23H,1H3. The highest BCUT2D eigenvalue weighted by atomic mass is 16.5. The van der Waals surface area contributed by atoms with E-state index in [0.29, 0.717) is 5.76 Å². The van der Waals surface area contributed by atoms with Crippen molar-refractivity contribution in [2.45, 2.75) is 18.8 Å². The number of hydrogen-bond acceptors (Lipinski definition) is 2. The minimum atomic E-state index is -0.341. The van der Waals surface area contributed by atoms with Gasteiger partial charge >= 0.3 is 5.97 Å². The first-order valence-electron chi connectivity index (χ1n) is 8.83. The molecule has 0 radical (unpaired) electrons. The molecule has 0 aliphatic carbocycles. The van der Waals surface area contributed by atoms with E-state index in [4.69, 9.17) is 4.74 Å². The monoisotopic (exact) mass is 340 g/mol. The van der Waals surface area contributed by atoms with Crippen LogP contribution in [-0.4, -0.2) is 5.97 Å². The molecule has 0 aromatic heterocycles. The van der Waals surface area contributed by atoms with Crippen LogP contribution < -0.4 is 0 Å². The molecular formula is C24H20O2. The zero-order valence-electron chi connectivity index (χ0n) is 14.6. The van der Waals surface area contributed by atoms with E-state index in [9.17, 15) is 4.79 Å². The Balaban J connectivity index is 1.83. The maximum Gasteiger partial charge on any atom is 0.319 e. The summed E-state index contributed by atoms with van der Waals surface area (Å²) in [5, 5.41) is 0. The number of carbonyl (C=O) groups is 1. The Morgan fingerprint density at radius 3 is 2.00 bits per heavy atom. The topological polar surface area (TPSA) is 26.3 Å². The average Bonchev–Trinajstić information content (AvgIpc) is 2.69. The van der Waals surface area contributed by atoms with Crippen LogP contribution >= 0.6 is 0 Å². The van der Waals surface area contributed by atoms with Gasteiger partial charge in [-0.25, -0.2) is 0 Å². The third-order valence-corrected chi connectivity index (χ3v) is 4.83. The molecule has 3 aromatic rings. The van der Waals surface area contributed by atoms with E-state index in [0.717, 1.165) is 16.7 Å². The number of carbonyl (C=O) groups excluding carboxylic acids is 1. The van der Waals surface area contributed by atoms with Crippen molar-refractivity contribution in [3.63, 3.8) is 0 Å². The molecule has 2 nitrogen and oxygen atoms in total. The molecule has 4 rings (SSSR count). The summed E-state index contributed by atoms with van der Waals surface area (Å²) in [4.78, 5) is 13.0. The summed E-state index contributed by atoms with van der Waals surface area (Å²) in [7, 11) is 0. The molecule has 2 heteroatoms. The Kier molecular flexibility index (Phi) is 4.40. The van der Waals surface area contributed by atoms with Crippen molar-refractivity contribution in [2.24, 2.45) is 0 Å². The number of hydrogen-bond donors (Lipinski definition) is 0. The first-order valence-corrected chi connectivity index (χ1v) is 8.83. The van der Waals surface area contributed by atoms with Crippen LogP contribution in [0.2, 0.25) is 0 Å². The Bertz CT molecular complexity index is 925. The van der Waals surface area contributed by atoms with E-state index < -0.39 is 0 Å². The molecule has 0 N–H and O–H groups in total. The van der Waals surface area contributed by atoms with E-state index in [1.807, 2.05) is 60.7 Å². The van der Waals surface area contributed by atoms with Gasteiger partial charge in [-0.1, -0.05) is 90.5 Å². The number of rotatable bonds is 3. The zero-order valence-corrected chi connectivity index (χ0v) is 14.6. The number of aryl methyl sites for hydroxylation is 1. The lowest BCUT2D eigenvalue weighted by Crippen LogP contribution is -2.26. The van der Waals surface area contributed by atoms with Crippen LogP contribution in [0, 0.1) is 6.92 Å². The van der Waals surface area contributed by atoms with Crippen LogP contribution in [0.1, 0.15) is 34.1 Å². The fourth-order valence-corrected chi connectivity index (χ4v) is 3.45. The first-order chi connectivity index (χ1) is 12.7. The van der Waals surface area contributed by atoms with Gasteiger partial charge in [0.15, 0.2) is 0 Å². The second-order valence-electron chi connectivity index (χ2n) is 6.64. The molecule has 1 aliphatic heterocycles. The van der Waals surface area contributed by atoms with E-state index in [1.165, 1.54) is 5.56 Å². The lowest BCUT2D eigenvalue weighted by Gasteiger charge is -2.29. The normalized spacial score (nSPS) is 19.6. The zero-order chi connectivity index (χ0) is 17.9.